The van der Waals surface area contributed by atoms with Crippen LogP contribution in [0.2, 0.25) is 0 Å². The number of halogens is 1. The molecule has 0 radical (unpaired) electrons. The predicted octanol–water partition coefficient (Wildman–Crippen LogP) is 1.08. The Morgan fingerprint density at radius 1 is 1.67 bits per heavy atom. The van der Waals surface area contributed by atoms with Crippen molar-refractivity contribution in [1.29, 1.82) is 0 Å². The molecule has 9 heavy (non-hydrogen) atoms. The maximum atomic E-state index is 10.5. The molecule has 1 aromatic rings. The van der Waals surface area contributed by atoms with Crippen LogP contribution in [0, 0.1) is 8.22 Å². The first kappa shape index (κ1) is 7.16. The molecule has 1 aromatic heterocycles. The largest absolute Gasteiger partial charge is 0.757 e. The highest BCUT2D eigenvalue weighted by Crippen LogP contribution is 2.18. The van der Waals surface area contributed by atoms with Crippen LogP contribution in [0.4, 0.5) is 5.13 Å². The average Bonchev–Trinajstić information content (AvgIpc) is 2.14. The Morgan fingerprint density at radius 2 is 2.33 bits per heavy atom. The predicted molar refractivity (Wildman–Crippen MR) is 44.4 cm³/mol. The SMILES string of the molecule is CN([O-])c1nnc(I)s1. The lowest BCUT2D eigenvalue weighted by Crippen LogP contribution is -2.04. The highest BCUT2D eigenvalue weighted by Gasteiger charge is 1.97. The number of rotatable bonds is 1. The standard InChI is InChI=1S/C3H3IN3OS/c1-7(8)3-6-5-2(4)9-3/h1H3/q-1. The van der Waals surface area contributed by atoms with E-state index in [0.717, 1.165) is 3.01 Å². The number of hydrogen-bond donors (Lipinski definition) is 0. The molecule has 0 aliphatic rings. The first-order chi connectivity index (χ1) is 4.20. The van der Waals surface area contributed by atoms with Gasteiger partial charge < -0.3 is 10.3 Å². The Bertz CT molecular complexity index is 201. The molecule has 0 N–H and O–H groups in total. The molecular formula is C3H3IN3OS-. The van der Waals surface area contributed by atoms with E-state index in [4.69, 9.17) is 0 Å². The number of anilines is 1. The zero-order valence-corrected chi connectivity index (χ0v) is 7.51. The first-order valence-corrected chi connectivity index (χ1v) is 3.99. The Balaban J connectivity index is 2.85. The van der Waals surface area contributed by atoms with Gasteiger partial charge in [-0.2, -0.15) is 0 Å². The molecule has 0 aromatic carbocycles. The lowest BCUT2D eigenvalue weighted by molar-refractivity contribution is 1.03. The van der Waals surface area contributed by atoms with Gasteiger partial charge >= 0.3 is 0 Å². The zero-order valence-electron chi connectivity index (χ0n) is 4.54. The fourth-order valence-corrected chi connectivity index (χ4v) is 1.47. The van der Waals surface area contributed by atoms with Crippen LogP contribution >= 0.6 is 33.9 Å². The van der Waals surface area contributed by atoms with Gasteiger partial charge in [0.1, 0.15) is 0 Å². The van der Waals surface area contributed by atoms with Crippen molar-refractivity contribution in [2.24, 2.45) is 0 Å². The Kier molecular flexibility index (Phi) is 2.19. The van der Waals surface area contributed by atoms with Crippen molar-refractivity contribution < 1.29 is 0 Å². The summed E-state index contributed by atoms with van der Waals surface area (Å²) < 4.78 is 0.783. The third kappa shape index (κ3) is 1.73. The van der Waals surface area contributed by atoms with E-state index in [9.17, 15) is 5.21 Å². The van der Waals surface area contributed by atoms with Crippen LogP contribution < -0.4 is 5.06 Å². The van der Waals surface area contributed by atoms with E-state index in [2.05, 4.69) is 10.2 Å². The molecule has 0 aliphatic heterocycles. The van der Waals surface area contributed by atoms with E-state index in [-0.39, 0.29) is 0 Å². The molecule has 0 bridgehead atoms. The van der Waals surface area contributed by atoms with Gasteiger partial charge in [0, 0.05) is 0 Å². The maximum Gasteiger partial charge on any atom is 0.198 e. The molecule has 0 aliphatic carbocycles. The summed E-state index contributed by atoms with van der Waals surface area (Å²) >= 11 is 3.29. The Hall–Kier alpha value is 0.0500. The highest BCUT2D eigenvalue weighted by atomic mass is 127. The van der Waals surface area contributed by atoms with Gasteiger partial charge in [0.05, 0.1) is 0 Å². The van der Waals surface area contributed by atoms with Crippen molar-refractivity contribution >= 4 is 39.1 Å². The summed E-state index contributed by atoms with van der Waals surface area (Å²) in [7, 11) is 1.40. The molecule has 1 rings (SSSR count). The van der Waals surface area contributed by atoms with Crippen molar-refractivity contribution in [2.45, 2.75) is 0 Å². The molecule has 1 heterocycles. The van der Waals surface area contributed by atoms with Gasteiger partial charge in [-0.25, -0.2) is 0 Å². The van der Waals surface area contributed by atoms with Crippen molar-refractivity contribution in [3.8, 4) is 0 Å². The molecule has 0 amide bonds. The number of hydroxylamine groups is 1. The van der Waals surface area contributed by atoms with Gasteiger partial charge in [-0.15, -0.1) is 10.2 Å². The van der Waals surface area contributed by atoms with E-state index < -0.39 is 0 Å². The van der Waals surface area contributed by atoms with Crippen molar-refractivity contribution in [1.82, 2.24) is 10.2 Å². The van der Waals surface area contributed by atoms with Gasteiger partial charge in [0.2, 0.25) is 0 Å². The fraction of sp³-hybridized carbons (Fsp3) is 0.333. The summed E-state index contributed by atoms with van der Waals surface area (Å²) in [5.74, 6) is 0. The number of nitrogens with zero attached hydrogens (tertiary/aromatic N) is 3. The molecule has 0 fully saturated rings. The van der Waals surface area contributed by atoms with E-state index in [0.29, 0.717) is 10.2 Å². The third-order valence-corrected chi connectivity index (χ3v) is 2.31. The van der Waals surface area contributed by atoms with Crippen LogP contribution in [0.25, 0.3) is 0 Å². The monoisotopic (exact) mass is 256 g/mol. The minimum absolute atomic E-state index is 0.402. The first-order valence-electron chi connectivity index (χ1n) is 2.10. The summed E-state index contributed by atoms with van der Waals surface area (Å²) in [4.78, 5) is 0. The summed E-state index contributed by atoms with van der Waals surface area (Å²) in [6.45, 7) is 0. The second-order valence-electron chi connectivity index (χ2n) is 1.34. The van der Waals surface area contributed by atoms with Crippen molar-refractivity contribution in [3.63, 3.8) is 0 Å². The van der Waals surface area contributed by atoms with Gasteiger partial charge in [0.25, 0.3) is 0 Å². The van der Waals surface area contributed by atoms with Crippen LogP contribution in [0.5, 0.6) is 0 Å². The fourth-order valence-electron chi connectivity index (χ4n) is 0.325. The van der Waals surface area contributed by atoms with Crippen LogP contribution in [0.1, 0.15) is 0 Å². The molecule has 50 valence electrons. The van der Waals surface area contributed by atoms with Crippen LogP contribution in [0.15, 0.2) is 0 Å². The van der Waals surface area contributed by atoms with Gasteiger partial charge in [-0.05, 0) is 29.6 Å². The van der Waals surface area contributed by atoms with Crippen LogP contribution in [0.3, 0.4) is 0 Å². The van der Waals surface area contributed by atoms with Crippen LogP contribution in [-0.4, -0.2) is 17.2 Å². The van der Waals surface area contributed by atoms with Crippen LogP contribution in [-0.2, 0) is 0 Å². The maximum absolute atomic E-state index is 10.5. The zero-order chi connectivity index (χ0) is 6.85. The topological polar surface area (TPSA) is 52.1 Å². The lowest BCUT2D eigenvalue weighted by Gasteiger charge is -2.18. The molecule has 4 nitrogen and oxygen atoms in total. The molecule has 6 heteroatoms. The summed E-state index contributed by atoms with van der Waals surface area (Å²) in [5, 5.41) is 18.8. The second-order valence-corrected chi connectivity index (χ2v) is 4.04. The minimum Gasteiger partial charge on any atom is -0.757 e. The van der Waals surface area contributed by atoms with Gasteiger partial charge in [0.15, 0.2) is 8.15 Å². The smallest absolute Gasteiger partial charge is 0.198 e. The third-order valence-electron chi connectivity index (χ3n) is 0.659. The molecular weight excluding hydrogens is 253 g/mol. The Labute approximate surface area is 69.6 Å². The quantitative estimate of drug-likeness (QED) is 0.557. The minimum atomic E-state index is 0.402. The summed E-state index contributed by atoms with van der Waals surface area (Å²) in [6.07, 6.45) is 0. The number of aromatic nitrogens is 2. The molecule has 0 saturated heterocycles. The molecule has 0 unspecified atom stereocenters. The van der Waals surface area contributed by atoms with E-state index >= 15 is 0 Å². The Morgan fingerprint density at radius 3 is 2.56 bits per heavy atom. The molecule has 0 spiro atoms. The van der Waals surface area contributed by atoms with Crippen molar-refractivity contribution in [3.05, 3.63) is 8.22 Å². The summed E-state index contributed by atoms with van der Waals surface area (Å²) in [6, 6.07) is 0. The molecule has 0 atom stereocenters. The lowest BCUT2D eigenvalue weighted by atomic mass is 11.1. The summed E-state index contributed by atoms with van der Waals surface area (Å²) in [5.41, 5.74) is 0. The van der Waals surface area contributed by atoms with E-state index in [1.807, 2.05) is 22.6 Å². The average molecular weight is 256 g/mol. The highest BCUT2D eigenvalue weighted by molar-refractivity contribution is 14.1. The molecule has 0 saturated carbocycles. The van der Waals surface area contributed by atoms with E-state index in [1.54, 1.807) is 0 Å². The number of hydrogen-bond acceptors (Lipinski definition) is 5. The normalized spacial score (nSPS) is 9.67. The van der Waals surface area contributed by atoms with E-state index in [1.165, 1.54) is 18.4 Å². The van der Waals surface area contributed by atoms with Gasteiger partial charge in [-0.1, -0.05) is 11.3 Å². The second kappa shape index (κ2) is 2.76. The van der Waals surface area contributed by atoms with Gasteiger partial charge in [-0.3, -0.25) is 0 Å². The van der Waals surface area contributed by atoms with Crippen molar-refractivity contribution in [2.75, 3.05) is 12.1 Å².